The number of aromatic nitrogens is 2. The summed E-state index contributed by atoms with van der Waals surface area (Å²) >= 11 is 3.51. The molecule has 4 aromatic carbocycles. The van der Waals surface area contributed by atoms with Crippen molar-refractivity contribution >= 4 is 38.7 Å². The molecule has 5 rings (SSSR count). The number of nitro groups is 1. The lowest BCUT2D eigenvalue weighted by atomic mass is 10.2. The van der Waals surface area contributed by atoms with Crippen molar-refractivity contribution in [2.24, 2.45) is 5.10 Å². The van der Waals surface area contributed by atoms with E-state index in [2.05, 4.69) is 21.0 Å². The number of hydrogen-bond acceptors (Lipinski definition) is 6. The van der Waals surface area contributed by atoms with E-state index in [0.29, 0.717) is 32.5 Å². The van der Waals surface area contributed by atoms with Gasteiger partial charge in [-0.05, 0) is 57.4 Å². The van der Waals surface area contributed by atoms with Gasteiger partial charge in [-0.3, -0.25) is 14.9 Å². The maximum absolute atomic E-state index is 13.3. The zero-order valence-corrected chi connectivity index (χ0v) is 20.9. The van der Waals surface area contributed by atoms with E-state index < -0.39 is 4.92 Å². The minimum absolute atomic E-state index is 0.0139. The third-order valence-electron chi connectivity index (χ3n) is 5.58. The number of nitro benzene ring substituents is 1. The molecule has 0 bridgehead atoms. The molecule has 0 aliphatic rings. The zero-order chi connectivity index (χ0) is 25.8. The first kappa shape index (κ1) is 24.1. The van der Waals surface area contributed by atoms with Gasteiger partial charge in [0.1, 0.15) is 12.4 Å². The molecular formula is C28H19BrN4O4. The van der Waals surface area contributed by atoms with Gasteiger partial charge in [0.2, 0.25) is 0 Å². The molecule has 0 N–H and O–H groups in total. The molecule has 0 radical (unpaired) electrons. The monoisotopic (exact) mass is 554 g/mol. The second kappa shape index (κ2) is 10.5. The SMILES string of the molecule is O=c1c2ccccc2nc(-c2ccccc2)n1N=Cc1ccc(OCc2cccc([N+](=O)[O-])c2)c(Br)c1. The number of rotatable bonds is 7. The van der Waals surface area contributed by atoms with Crippen LogP contribution in [-0.2, 0) is 6.61 Å². The summed E-state index contributed by atoms with van der Waals surface area (Å²) < 4.78 is 7.82. The van der Waals surface area contributed by atoms with E-state index in [4.69, 9.17) is 9.72 Å². The molecule has 5 aromatic rings. The van der Waals surface area contributed by atoms with E-state index >= 15 is 0 Å². The number of benzene rings is 4. The molecule has 0 amide bonds. The molecule has 9 heteroatoms. The Hall–Kier alpha value is -4.63. The number of hydrogen-bond donors (Lipinski definition) is 0. The highest BCUT2D eigenvalue weighted by atomic mass is 79.9. The second-order valence-electron chi connectivity index (χ2n) is 8.09. The molecule has 0 saturated carbocycles. The van der Waals surface area contributed by atoms with Gasteiger partial charge >= 0.3 is 0 Å². The Morgan fingerprint density at radius 3 is 2.54 bits per heavy atom. The van der Waals surface area contributed by atoms with Crippen molar-refractivity contribution in [2.75, 3.05) is 0 Å². The molecule has 0 unspecified atom stereocenters. The van der Waals surface area contributed by atoms with Crippen molar-refractivity contribution in [3.8, 4) is 17.1 Å². The minimum atomic E-state index is -0.437. The van der Waals surface area contributed by atoms with E-state index in [1.54, 1.807) is 48.7 Å². The lowest BCUT2D eigenvalue weighted by molar-refractivity contribution is -0.384. The Kier molecular flexibility index (Phi) is 6.87. The molecule has 0 aliphatic heterocycles. The molecule has 0 atom stereocenters. The van der Waals surface area contributed by atoms with Crippen LogP contribution in [0.4, 0.5) is 5.69 Å². The van der Waals surface area contributed by atoms with Gasteiger partial charge in [-0.1, -0.05) is 54.6 Å². The van der Waals surface area contributed by atoms with Gasteiger partial charge in [0, 0.05) is 17.7 Å². The van der Waals surface area contributed by atoms with Crippen LogP contribution in [0.15, 0.2) is 111 Å². The van der Waals surface area contributed by atoms with E-state index in [1.165, 1.54) is 16.8 Å². The highest BCUT2D eigenvalue weighted by Crippen LogP contribution is 2.27. The molecule has 1 aromatic heterocycles. The van der Waals surface area contributed by atoms with Crippen molar-refractivity contribution in [2.45, 2.75) is 6.61 Å². The number of nitrogens with zero attached hydrogens (tertiary/aromatic N) is 4. The number of non-ortho nitro benzene ring substituents is 1. The van der Waals surface area contributed by atoms with Gasteiger partial charge in [0.25, 0.3) is 11.2 Å². The van der Waals surface area contributed by atoms with Gasteiger partial charge in [-0.2, -0.15) is 9.78 Å². The molecule has 0 fully saturated rings. The lowest BCUT2D eigenvalue weighted by Crippen LogP contribution is -2.20. The van der Waals surface area contributed by atoms with Crippen molar-refractivity contribution in [1.29, 1.82) is 0 Å². The summed E-state index contributed by atoms with van der Waals surface area (Å²) in [6.45, 7) is 0.173. The lowest BCUT2D eigenvalue weighted by Gasteiger charge is -2.10. The van der Waals surface area contributed by atoms with Gasteiger partial charge in [0.15, 0.2) is 5.82 Å². The average Bonchev–Trinajstić information content (AvgIpc) is 2.92. The van der Waals surface area contributed by atoms with E-state index in [9.17, 15) is 14.9 Å². The average molecular weight is 555 g/mol. The molecule has 37 heavy (non-hydrogen) atoms. The van der Waals surface area contributed by atoms with Crippen LogP contribution in [0.2, 0.25) is 0 Å². The Labute approximate surface area is 219 Å². The third kappa shape index (κ3) is 5.31. The first-order valence-corrected chi connectivity index (χ1v) is 12.1. The standard InChI is InChI=1S/C28H19BrN4O4/c29-24-16-19(13-14-26(24)37-18-20-7-6-10-22(15-20)33(35)36)17-30-32-27(21-8-2-1-3-9-21)31-25-12-5-4-11-23(25)28(32)34/h1-17H,18H2. The van der Waals surface area contributed by atoms with Gasteiger partial charge in [0.05, 0.1) is 26.5 Å². The normalized spacial score (nSPS) is 11.2. The largest absolute Gasteiger partial charge is 0.488 e. The minimum Gasteiger partial charge on any atom is -0.488 e. The fraction of sp³-hybridized carbons (Fsp3) is 0.0357. The number of fused-ring (bicyclic) bond motifs is 1. The zero-order valence-electron chi connectivity index (χ0n) is 19.3. The first-order chi connectivity index (χ1) is 18.0. The summed E-state index contributed by atoms with van der Waals surface area (Å²) in [5, 5.41) is 16.0. The smallest absolute Gasteiger partial charge is 0.282 e. The van der Waals surface area contributed by atoms with Gasteiger partial charge < -0.3 is 4.74 Å². The highest BCUT2D eigenvalue weighted by Gasteiger charge is 2.12. The fourth-order valence-electron chi connectivity index (χ4n) is 3.76. The molecule has 182 valence electrons. The third-order valence-corrected chi connectivity index (χ3v) is 6.20. The molecule has 0 saturated heterocycles. The van der Waals surface area contributed by atoms with Crippen molar-refractivity contribution in [1.82, 2.24) is 9.66 Å². The Bertz CT molecular complexity index is 1700. The van der Waals surface area contributed by atoms with Crippen LogP contribution in [0.3, 0.4) is 0 Å². The quantitative estimate of drug-likeness (QED) is 0.135. The summed E-state index contributed by atoms with van der Waals surface area (Å²) in [7, 11) is 0. The number of ether oxygens (including phenoxy) is 1. The van der Waals surface area contributed by atoms with Crippen LogP contribution >= 0.6 is 15.9 Å². The number of para-hydroxylation sites is 1. The Morgan fingerprint density at radius 2 is 1.76 bits per heavy atom. The molecule has 0 spiro atoms. The fourth-order valence-corrected chi connectivity index (χ4v) is 4.28. The molecule has 0 aliphatic carbocycles. The summed E-state index contributed by atoms with van der Waals surface area (Å²) in [6.07, 6.45) is 1.58. The topological polar surface area (TPSA) is 99.6 Å². The van der Waals surface area contributed by atoms with Crippen LogP contribution in [0.25, 0.3) is 22.3 Å². The van der Waals surface area contributed by atoms with Crippen LogP contribution < -0.4 is 10.3 Å². The summed E-state index contributed by atoms with van der Waals surface area (Å²) in [5.41, 5.74) is 2.54. The summed E-state index contributed by atoms with van der Waals surface area (Å²) in [4.78, 5) is 28.5. The Morgan fingerprint density at radius 1 is 0.973 bits per heavy atom. The molecule has 8 nitrogen and oxygen atoms in total. The summed E-state index contributed by atoms with van der Waals surface area (Å²) in [5.74, 6) is 1.01. The van der Waals surface area contributed by atoms with Crippen molar-refractivity contribution in [3.05, 3.63) is 133 Å². The van der Waals surface area contributed by atoms with Crippen molar-refractivity contribution < 1.29 is 9.66 Å². The first-order valence-electron chi connectivity index (χ1n) is 11.3. The van der Waals surface area contributed by atoms with Crippen LogP contribution in [0.5, 0.6) is 5.75 Å². The number of halogens is 1. The van der Waals surface area contributed by atoms with Gasteiger partial charge in [-0.25, -0.2) is 4.98 Å². The predicted octanol–water partition coefficient (Wildman–Crippen LogP) is 6.20. The molecule has 1 heterocycles. The maximum Gasteiger partial charge on any atom is 0.282 e. The maximum atomic E-state index is 13.3. The van der Waals surface area contributed by atoms with E-state index in [1.807, 2.05) is 42.5 Å². The molecular weight excluding hydrogens is 536 g/mol. The van der Waals surface area contributed by atoms with E-state index in [0.717, 1.165) is 11.1 Å². The van der Waals surface area contributed by atoms with Crippen LogP contribution in [0, 0.1) is 10.1 Å². The van der Waals surface area contributed by atoms with Crippen LogP contribution in [-0.4, -0.2) is 20.8 Å². The Balaban J connectivity index is 1.43. The summed E-state index contributed by atoms with van der Waals surface area (Å²) in [6, 6.07) is 28.3. The highest BCUT2D eigenvalue weighted by molar-refractivity contribution is 9.10. The predicted molar refractivity (Wildman–Crippen MR) is 146 cm³/mol. The van der Waals surface area contributed by atoms with Crippen molar-refractivity contribution in [3.63, 3.8) is 0 Å². The van der Waals surface area contributed by atoms with Gasteiger partial charge in [-0.15, -0.1) is 0 Å². The van der Waals surface area contributed by atoms with E-state index in [-0.39, 0.29) is 17.9 Å². The van der Waals surface area contributed by atoms with Crippen LogP contribution in [0.1, 0.15) is 11.1 Å². The second-order valence-corrected chi connectivity index (χ2v) is 8.94.